The number of carbonyl (C=O) groups is 1. The number of carboxylic acids is 1. The molecule has 0 heterocycles. The van der Waals surface area contributed by atoms with Gasteiger partial charge in [-0.1, -0.05) is 25.5 Å². The predicted octanol–water partition coefficient (Wildman–Crippen LogP) is 2.96. The first-order valence-corrected chi connectivity index (χ1v) is 6.07. The zero-order valence-electron chi connectivity index (χ0n) is 11.3. The summed E-state index contributed by atoms with van der Waals surface area (Å²) < 4.78 is 0. The number of nitro groups is 1. The second-order valence-corrected chi connectivity index (χ2v) is 4.74. The molecule has 0 bridgehead atoms. The Kier molecular flexibility index (Phi) is 4.47. The van der Waals surface area contributed by atoms with Crippen LogP contribution in [0.4, 0.5) is 11.4 Å². The molecular weight excluding hydrogens is 248 g/mol. The van der Waals surface area contributed by atoms with E-state index >= 15 is 0 Å². The Morgan fingerprint density at radius 1 is 1.53 bits per heavy atom. The highest BCUT2D eigenvalue weighted by Crippen LogP contribution is 2.31. The number of nitrogens with zero attached hydrogens (tertiary/aromatic N) is 1. The van der Waals surface area contributed by atoms with Gasteiger partial charge in [-0.15, -0.1) is 0 Å². The molecule has 104 valence electrons. The van der Waals surface area contributed by atoms with Gasteiger partial charge in [0, 0.05) is 6.07 Å². The third kappa shape index (κ3) is 3.21. The monoisotopic (exact) mass is 266 g/mol. The summed E-state index contributed by atoms with van der Waals surface area (Å²) in [4.78, 5) is 21.9. The fourth-order valence-corrected chi connectivity index (χ4v) is 1.97. The summed E-state index contributed by atoms with van der Waals surface area (Å²) in [5.74, 6) is -1.02. The quantitative estimate of drug-likeness (QED) is 0.610. The molecule has 6 nitrogen and oxygen atoms in total. The van der Waals surface area contributed by atoms with Crippen LogP contribution in [0.25, 0.3) is 0 Å². The molecule has 2 N–H and O–H groups in total. The van der Waals surface area contributed by atoms with Crippen LogP contribution < -0.4 is 5.32 Å². The van der Waals surface area contributed by atoms with Crippen molar-refractivity contribution in [2.45, 2.75) is 39.2 Å². The Hall–Kier alpha value is -2.11. The van der Waals surface area contributed by atoms with Crippen molar-refractivity contribution in [1.29, 1.82) is 0 Å². The van der Waals surface area contributed by atoms with Crippen molar-refractivity contribution in [3.8, 4) is 0 Å². The highest BCUT2D eigenvalue weighted by Gasteiger charge is 2.34. The minimum absolute atomic E-state index is 0.108. The summed E-state index contributed by atoms with van der Waals surface area (Å²) in [6.07, 6.45) is 1.04. The molecule has 0 aliphatic rings. The van der Waals surface area contributed by atoms with E-state index in [1.807, 2.05) is 6.92 Å². The third-order valence-corrected chi connectivity index (χ3v) is 3.07. The van der Waals surface area contributed by atoms with Crippen molar-refractivity contribution >= 4 is 17.3 Å². The maximum Gasteiger partial charge on any atom is 0.329 e. The van der Waals surface area contributed by atoms with E-state index in [0.717, 1.165) is 0 Å². The molecule has 0 amide bonds. The highest BCUT2D eigenvalue weighted by atomic mass is 16.6. The van der Waals surface area contributed by atoms with Gasteiger partial charge >= 0.3 is 5.97 Å². The van der Waals surface area contributed by atoms with Crippen molar-refractivity contribution in [2.24, 2.45) is 0 Å². The van der Waals surface area contributed by atoms with E-state index in [-0.39, 0.29) is 11.4 Å². The van der Waals surface area contributed by atoms with E-state index in [1.54, 1.807) is 19.1 Å². The molecule has 1 unspecified atom stereocenters. The van der Waals surface area contributed by atoms with Crippen LogP contribution in [0.2, 0.25) is 0 Å². The molecule has 19 heavy (non-hydrogen) atoms. The number of hydrogen-bond acceptors (Lipinski definition) is 4. The number of aryl methyl sites for hydroxylation is 1. The van der Waals surface area contributed by atoms with E-state index in [9.17, 15) is 20.0 Å². The molecule has 0 aliphatic carbocycles. The van der Waals surface area contributed by atoms with E-state index in [1.165, 1.54) is 13.0 Å². The van der Waals surface area contributed by atoms with Crippen molar-refractivity contribution in [3.63, 3.8) is 0 Å². The van der Waals surface area contributed by atoms with Gasteiger partial charge in [-0.05, 0) is 25.8 Å². The van der Waals surface area contributed by atoms with E-state index < -0.39 is 16.4 Å². The Balaban J connectivity index is 3.23. The standard InChI is InChI=1S/C13H18N2O4/c1-4-8-13(3,12(16)17)14-11-9(2)6-5-7-10(11)15(18)19/h5-7,14H,4,8H2,1-3H3,(H,16,17). The molecule has 1 rings (SSSR count). The highest BCUT2D eigenvalue weighted by molar-refractivity contribution is 5.84. The van der Waals surface area contributed by atoms with Crippen molar-refractivity contribution in [3.05, 3.63) is 33.9 Å². The molecule has 0 aliphatic heterocycles. The molecule has 0 saturated carbocycles. The van der Waals surface area contributed by atoms with Gasteiger partial charge in [-0.25, -0.2) is 4.79 Å². The molecule has 1 atom stereocenters. The molecular formula is C13H18N2O4. The van der Waals surface area contributed by atoms with Crippen LogP contribution in [0.3, 0.4) is 0 Å². The lowest BCUT2D eigenvalue weighted by Crippen LogP contribution is -2.43. The minimum atomic E-state index is -1.22. The lowest BCUT2D eigenvalue weighted by molar-refractivity contribution is -0.384. The Bertz CT molecular complexity index is 501. The summed E-state index contributed by atoms with van der Waals surface area (Å²) >= 11 is 0. The van der Waals surface area contributed by atoms with Gasteiger partial charge in [0.25, 0.3) is 5.69 Å². The van der Waals surface area contributed by atoms with Crippen LogP contribution in [0, 0.1) is 17.0 Å². The molecule has 6 heteroatoms. The molecule has 1 aromatic carbocycles. The van der Waals surface area contributed by atoms with Gasteiger partial charge in [0.1, 0.15) is 11.2 Å². The van der Waals surface area contributed by atoms with E-state index in [4.69, 9.17) is 0 Å². The first-order valence-electron chi connectivity index (χ1n) is 6.07. The third-order valence-electron chi connectivity index (χ3n) is 3.07. The van der Waals surface area contributed by atoms with E-state index in [2.05, 4.69) is 5.32 Å². The summed E-state index contributed by atoms with van der Waals surface area (Å²) in [6.45, 7) is 5.12. The normalized spacial score (nSPS) is 13.6. The van der Waals surface area contributed by atoms with E-state index in [0.29, 0.717) is 18.4 Å². The van der Waals surface area contributed by atoms with Gasteiger partial charge in [-0.3, -0.25) is 10.1 Å². The number of nitro benzene ring substituents is 1. The smallest absolute Gasteiger partial charge is 0.329 e. The second-order valence-electron chi connectivity index (χ2n) is 4.74. The molecule has 0 spiro atoms. The Morgan fingerprint density at radius 2 is 2.16 bits per heavy atom. The topological polar surface area (TPSA) is 92.5 Å². The second kappa shape index (κ2) is 5.69. The lowest BCUT2D eigenvalue weighted by atomic mass is 9.95. The molecule has 0 saturated heterocycles. The molecule has 1 aromatic rings. The van der Waals surface area contributed by atoms with Crippen LogP contribution in [0.1, 0.15) is 32.3 Å². The average molecular weight is 266 g/mol. The maximum atomic E-state index is 11.4. The first-order chi connectivity index (χ1) is 8.81. The minimum Gasteiger partial charge on any atom is -0.480 e. The first kappa shape index (κ1) is 14.9. The number of aliphatic carboxylic acids is 1. The fourth-order valence-electron chi connectivity index (χ4n) is 1.97. The van der Waals surface area contributed by atoms with Gasteiger partial charge in [-0.2, -0.15) is 0 Å². The maximum absolute atomic E-state index is 11.4. The van der Waals surface area contributed by atoms with Gasteiger partial charge < -0.3 is 10.4 Å². The van der Waals surface area contributed by atoms with Crippen LogP contribution in [0.5, 0.6) is 0 Å². The summed E-state index contributed by atoms with van der Waals surface area (Å²) in [6, 6.07) is 4.66. The van der Waals surface area contributed by atoms with Crippen molar-refractivity contribution in [1.82, 2.24) is 0 Å². The Morgan fingerprint density at radius 3 is 2.63 bits per heavy atom. The summed E-state index contributed by atoms with van der Waals surface area (Å²) in [5, 5.41) is 23.2. The number of rotatable bonds is 6. The average Bonchev–Trinajstić information content (AvgIpc) is 2.31. The molecule has 0 aromatic heterocycles. The fraction of sp³-hybridized carbons (Fsp3) is 0.462. The number of benzene rings is 1. The van der Waals surface area contributed by atoms with Gasteiger partial charge in [0.2, 0.25) is 0 Å². The van der Waals surface area contributed by atoms with Crippen LogP contribution in [-0.2, 0) is 4.79 Å². The van der Waals surface area contributed by atoms with Crippen molar-refractivity contribution in [2.75, 3.05) is 5.32 Å². The summed E-state index contributed by atoms with van der Waals surface area (Å²) in [7, 11) is 0. The van der Waals surface area contributed by atoms with Crippen LogP contribution in [-0.4, -0.2) is 21.5 Å². The SMILES string of the molecule is CCCC(C)(Nc1c(C)cccc1[N+](=O)[O-])C(=O)O. The van der Waals surface area contributed by atoms with Crippen LogP contribution in [0.15, 0.2) is 18.2 Å². The van der Waals surface area contributed by atoms with Gasteiger partial charge in [0.05, 0.1) is 4.92 Å². The summed E-state index contributed by atoms with van der Waals surface area (Å²) in [5.41, 5.74) is -0.404. The molecule has 0 fully saturated rings. The molecule has 0 radical (unpaired) electrons. The zero-order chi connectivity index (χ0) is 14.6. The number of carboxylic acid groups (broad SMARTS) is 1. The Labute approximate surface area is 111 Å². The van der Waals surface area contributed by atoms with Crippen molar-refractivity contribution < 1.29 is 14.8 Å². The number of hydrogen-bond donors (Lipinski definition) is 2. The number of anilines is 1. The largest absolute Gasteiger partial charge is 0.480 e. The number of nitrogens with one attached hydrogen (secondary N) is 1. The van der Waals surface area contributed by atoms with Gasteiger partial charge in [0.15, 0.2) is 0 Å². The predicted molar refractivity (Wildman–Crippen MR) is 72.4 cm³/mol. The van der Waals surface area contributed by atoms with Crippen LogP contribution >= 0.6 is 0 Å². The zero-order valence-corrected chi connectivity index (χ0v) is 11.3. The number of para-hydroxylation sites is 1. The lowest BCUT2D eigenvalue weighted by Gasteiger charge is -2.27.